The zero-order valence-corrected chi connectivity index (χ0v) is 9.03. The van der Waals surface area contributed by atoms with Crippen molar-refractivity contribution >= 4 is 5.97 Å². The molecule has 1 aromatic carbocycles. The molecule has 1 aromatic rings. The fourth-order valence-electron chi connectivity index (χ4n) is 1.56. The Morgan fingerprint density at radius 1 is 1.29 bits per heavy atom. The standard InChI is InChI=1S/C11H12F3NO2/c1-7(8-5-3-2-4-6-8)10(15,9(16)17)11(12,13)14/h2-7H,15H2,1H3,(H,16,17). The lowest BCUT2D eigenvalue weighted by Crippen LogP contribution is -2.62. The molecule has 0 aromatic heterocycles. The first kappa shape index (κ1) is 13.5. The highest BCUT2D eigenvalue weighted by atomic mass is 19.4. The first-order valence-electron chi connectivity index (χ1n) is 4.85. The largest absolute Gasteiger partial charge is 0.480 e. The van der Waals surface area contributed by atoms with E-state index in [4.69, 9.17) is 10.8 Å². The highest BCUT2D eigenvalue weighted by molar-refractivity contribution is 5.81. The van der Waals surface area contributed by atoms with E-state index < -0.39 is 23.6 Å². The number of rotatable bonds is 3. The van der Waals surface area contributed by atoms with Crippen molar-refractivity contribution in [3.63, 3.8) is 0 Å². The summed E-state index contributed by atoms with van der Waals surface area (Å²) in [6.07, 6.45) is -5.02. The third kappa shape index (κ3) is 2.26. The summed E-state index contributed by atoms with van der Waals surface area (Å²) in [6, 6.07) is 7.53. The van der Waals surface area contributed by atoms with Gasteiger partial charge < -0.3 is 10.8 Å². The van der Waals surface area contributed by atoms with Crippen LogP contribution in [0.5, 0.6) is 0 Å². The van der Waals surface area contributed by atoms with Crippen molar-refractivity contribution in [2.45, 2.75) is 24.6 Å². The summed E-state index contributed by atoms with van der Waals surface area (Å²) < 4.78 is 38.4. The van der Waals surface area contributed by atoms with E-state index in [0.717, 1.165) is 6.92 Å². The summed E-state index contributed by atoms with van der Waals surface area (Å²) in [5.74, 6) is -3.46. The van der Waals surface area contributed by atoms with Gasteiger partial charge in [-0.25, -0.2) is 4.79 Å². The number of halogens is 3. The average molecular weight is 247 g/mol. The van der Waals surface area contributed by atoms with Gasteiger partial charge >= 0.3 is 12.1 Å². The van der Waals surface area contributed by atoms with Crippen molar-refractivity contribution in [3.05, 3.63) is 35.9 Å². The minimum absolute atomic E-state index is 0.231. The third-order valence-corrected chi connectivity index (χ3v) is 2.81. The molecule has 0 aliphatic carbocycles. The Morgan fingerprint density at radius 3 is 2.12 bits per heavy atom. The fourth-order valence-corrected chi connectivity index (χ4v) is 1.56. The van der Waals surface area contributed by atoms with Gasteiger partial charge in [0.1, 0.15) is 0 Å². The number of carboxylic acid groups (broad SMARTS) is 1. The van der Waals surface area contributed by atoms with Crippen LogP contribution in [-0.2, 0) is 4.79 Å². The van der Waals surface area contributed by atoms with Crippen LogP contribution in [0, 0.1) is 0 Å². The number of alkyl halides is 3. The Labute approximate surface area is 96.0 Å². The molecule has 0 saturated heterocycles. The lowest BCUT2D eigenvalue weighted by Gasteiger charge is -2.33. The third-order valence-electron chi connectivity index (χ3n) is 2.81. The lowest BCUT2D eigenvalue weighted by molar-refractivity contribution is -0.206. The van der Waals surface area contributed by atoms with Gasteiger partial charge in [-0.3, -0.25) is 0 Å². The average Bonchev–Trinajstić information content (AvgIpc) is 2.26. The van der Waals surface area contributed by atoms with Crippen LogP contribution in [0.1, 0.15) is 18.4 Å². The molecule has 0 saturated carbocycles. The Balaban J connectivity index is 3.23. The monoisotopic (exact) mass is 247 g/mol. The maximum absolute atomic E-state index is 12.8. The van der Waals surface area contributed by atoms with Crippen LogP contribution >= 0.6 is 0 Å². The second-order valence-electron chi connectivity index (χ2n) is 3.80. The topological polar surface area (TPSA) is 63.3 Å². The molecule has 2 unspecified atom stereocenters. The van der Waals surface area contributed by atoms with Crippen molar-refractivity contribution in [3.8, 4) is 0 Å². The Bertz CT molecular complexity index is 405. The van der Waals surface area contributed by atoms with Crippen LogP contribution in [-0.4, -0.2) is 22.8 Å². The van der Waals surface area contributed by atoms with Gasteiger partial charge in [-0.1, -0.05) is 37.3 Å². The van der Waals surface area contributed by atoms with E-state index in [1.807, 2.05) is 0 Å². The molecule has 0 aliphatic rings. The molecule has 0 bridgehead atoms. The molecule has 0 aliphatic heterocycles. The van der Waals surface area contributed by atoms with E-state index in [2.05, 4.69) is 0 Å². The molecule has 0 amide bonds. The van der Waals surface area contributed by atoms with Crippen molar-refractivity contribution in [2.24, 2.45) is 5.73 Å². The molecule has 0 radical (unpaired) electrons. The molecule has 6 heteroatoms. The van der Waals surface area contributed by atoms with Crippen molar-refractivity contribution < 1.29 is 23.1 Å². The van der Waals surface area contributed by atoms with Crippen LogP contribution in [0.3, 0.4) is 0 Å². The minimum atomic E-state index is -5.02. The van der Waals surface area contributed by atoms with Crippen LogP contribution < -0.4 is 5.73 Å². The summed E-state index contributed by atoms with van der Waals surface area (Å²) in [5.41, 5.74) is 2.02. The maximum atomic E-state index is 12.8. The van der Waals surface area contributed by atoms with Gasteiger partial charge in [0.15, 0.2) is 0 Å². The quantitative estimate of drug-likeness (QED) is 0.860. The van der Waals surface area contributed by atoms with E-state index >= 15 is 0 Å². The number of nitrogens with two attached hydrogens (primary N) is 1. The van der Waals surface area contributed by atoms with Gasteiger partial charge in [-0.15, -0.1) is 0 Å². The Hall–Kier alpha value is -1.56. The summed E-state index contributed by atoms with van der Waals surface area (Å²) in [4.78, 5) is 10.8. The molecule has 17 heavy (non-hydrogen) atoms. The zero-order valence-electron chi connectivity index (χ0n) is 9.03. The summed E-state index contributed by atoms with van der Waals surface area (Å²) >= 11 is 0. The fraction of sp³-hybridized carbons (Fsp3) is 0.364. The van der Waals surface area contributed by atoms with Crippen LogP contribution in [0.25, 0.3) is 0 Å². The van der Waals surface area contributed by atoms with E-state index in [1.54, 1.807) is 6.07 Å². The Morgan fingerprint density at radius 2 is 1.76 bits per heavy atom. The molecular formula is C11H12F3NO2. The second kappa shape index (κ2) is 4.37. The van der Waals surface area contributed by atoms with E-state index in [9.17, 15) is 18.0 Å². The molecular weight excluding hydrogens is 235 g/mol. The number of hydrogen-bond donors (Lipinski definition) is 2. The SMILES string of the molecule is CC(c1ccccc1)C(N)(C(=O)O)C(F)(F)F. The smallest absolute Gasteiger partial charge is 0.417 e. The predicted molar refractivity (Wildman–Crippen MR) is 55.5 cm³/mol. The number of benzene rings is 1. The number of carboxylic acids is 1. The predicted octanol–water partition coefficient (Wildman–Crippen LogP) is 2.13. The molecule has 0 spiro atoms. The molecule has 0 fully saturated rings. The highest BCUT2D eigenvalue weighted by Crippen LogP contribution is 2.39. The van der Waals surface area contributed by atoms with E-state index in [0.29, 0.717) is 0 Å². The molecule has 1 rings (SSSR count). The normalized spacial score (nSPS) is 17.2. The summed E-state index contributed by atoms with van der Waals surface area (Å²) in [7, 11) is 0. The maximum Gasteiger partial charge on any atom is 0.417 e. The zero-order chi connectivity index (χ0) is 13.3. The molecule has 2 atom stereocenters. The van der Waals surface area contributed by atoms with Gasteiger partial charge in [-0.05, 0) is 5.56 Å². The van der Waals surface area contributed by atoms with Gasteiger partial charge in [0, 0.05) is 5.92 Å². The summed E-state index contributed by atoms with van der Waals surface area (Å²) in [6.45, 7) is 1.15. The van der Waals surface area contributed by atoms with Crippen molar-refractivity contribution in [1.82, 2.24) is 0 Å². The number of carbonyl (C=O) groups is 1. The lowest BCUT2D eigenvalue weighted by atomic mass is 9.80. The van der Waals surface area contributed by atoms with Crippen molar-refractivity contribution in [2.75, 3.05) is 0 Å². The van der Waals surface area contributed by atoms with Gasteiger partial charge in [0.25, 0.3) is 0 Å². The second-order valence-corrected chi connectivity index (χ2v) is 3.80. The van der Waals surface area contributed by atoms with Gasteiger partial charge in [0.05, 0.1) is 0 Å². The van der Waals surface area contributed by atoms with Crippen LogP contribution in [0.2, 0.25) is 0 Å². The molecule has 94 valence electrons. The first-order valence-corrected chi connectivity index (χ1v) is 4.85. The van der Waals surface area contributed by atoms with Crippen LogP contribution in [0.15, 0.2) is 30.3 Å². The first-order chi connectivity index (χ1) is 7.71. The molecule has 3 nitrogen and oxygen atoms in total. The molecule has 0 heterocycles. The van der Waals surface area contributed by atoms with Crippen molar-refractivity contribution in [1.29, 1.82) is 0 Å². The number of hydrogen-bond acceptors (Lipinski definition) is 2. The van der Waals surface area contributed by atoms with Gasteiger partial charge in [0.2, 0.25) is 5.54 Å². The Kier molecular flexibility index (Phi) is 3.47. The minimum Gasteiger partial charge on any atom is -0.480 e. The molecule has 3 N–H and O–H groups in total. The van der Waals surface area contributed by atoms with E-state index in [1.165, 1.54) is 24.3 Å². The van der Waals surface area contributed by atoms with E-state index in [-0.39, 0.29) is 5.56 Å². The van der Waals surface area contributed by atoms with Crippen LogP contribution in [0.4, 0.5) is 13.2 Å². The summed E-state index contributed by atoms with van der Waals surface area (Å²) in [5, 5.41) is 8.75. The highest BCUT2D eigenvalue weighted by Gasteiger charge is 2.61. The number of aliphatic carboxylic acids is 1. The van der Waals surface area contributed by atoms with Gasteiger partial charge in [-0.2, -0.15) is 13.2 Å².